The van der Waals surface area contributed by atoms with Gasteiger partial charge < -0.3 is 41.7 Å². The van der Waals surface area contributed by atoms with Crippen molar-refractivity contribution in [2.75, 3.05) is 60.5 Å². The molecule has 7 N–H and O–H groups in total. The quantitative estimate of drug-likeness (QED) is 0.0498. The number of hydrogen-bond acceptors (Lipinski definition) is 12. The van der Waals surface area contributed by atoms with E-state index in [1.54, 1.807) is 24.4 Å². The van der Waals surface area contributed by atoms with E-state index in [9.17, 15) is 5.11 Å². The molecule has 0 aliphatic carbocycles. The molecule has 14 heteroatoms. The highest BCUT2D eigenvalue weighted by atomic mass is 35.5. The number of piperidine rings is 2. The lowest BCUT2D eigenvalue weighted by Crippen LogP contribution is -2.35. The maximum Gasteiger partial charge on any atom is 0.226 e. The van der Waals surface area contributed by atoms with Gasteiger partial charge in [-0.3, -0.25) is 0 Å². The molecule has 0 amide bonds. The molecule has 0 spiro atoms. The lowest BCUT2D eigenvalue weighted by molar-refractivity contribution is 0.463. The van der Waals surface area contributed by atoms with Crippen molar-refractivity contribution in [3.05, 3.63) is 124 Å². The predicted molar refractivity (Wildman–Crippen MR) is 243 cm³/mol. The molecule has 0 saturated carbocycles. The van der Waals surface area contributed by atoms with Gasteiger partial charge in [-0.05, 0) is 130 Å². The first-order valence-electron chi connectivity index (χ1n) is 20.7. The first-order valence-corrected chi connectivity index (χ1v) is 21.4. The third-order valence-electron chi connectivity index (χ3n) is 10.7. The van der Waals surface area contributed by atoms with Gasteiger partial charge in [0.1, 0.15) is 5.75 Å². The van der Waals surface area contributed by atoms with Crippen LogP contribution in [0.4, 0.5) is 23.3 Å². The van der Waals surface area contributed by atoms with Gasteiger partial charge in [-0.15, -0.1) is 0 Å². The lowest BCUT2D eigenvalue weighted by atomic mass is 10.1. The number of halogens is 2. The highest BCUT2D eigenvalue weighted by molar-refractivity contribution is 6.37. The van der Waals surface area contributed by atoms with E-state index in [0.29, 0.717) is 77.3 Å². The van der Waals surface area contributed by atoms with Crippen molar-refractivity contribution in [3.63, 3.8) is 0 Å². The molecule has 6 aromatic rings. The summed E-state index contributed by atoms with van der Waals surface area (Å²) in [5.74, 6) is 1.76. The maximum absolute atomic E-state index is 9.93. The van der Waals surface area contributed by atoms with E-state index in [-0.39, 0.29) is 5.75 Å². The Labute approximate surface area is 361 Å². The van der Waals surface area contributed by atoms with Crippen LogP contribution in [0.5, 0.6) is 17.4 Å². The summed E-state index contributed by atoms with van der Waals surface area (Å²) in [7, 11) is 0. The number of anilines is 4. The highest BCUT2D eigenvalue weighted by Gasteiger charge is 2.17. The number of nitrogens with zero attached hydrogens (tertiary/aromatic N) is 4. The minimum atomic E-state index is 0.229. The Morgan fingerprint density at radius 2 is 1.20 bits per heavy atom. The summed E-state index contributed by atoms with van der Waals surface area (Å²) in [4.78, 5) is 18.8. The second kappa shape index (κ2) is 20.1. The Bertz CT molecular complexity index is 2350. The number of aromatic hydroxyl groups is 1. The molecular formula is C46H50Cl2N10O2. The third kappa shape index (κ3) is 11.3. The molecule has 310 valence electrons. The molecular weight excluding hydrogens is 795 g/mol. The van der Waals surface area contributed by atoms with Crippen LogP contribution in [0.1, 0.15) is 36.8 Å². The number of nitrogens with one attached hydrogen (secondary N) is 6. The number of benzene rings is 4. The fraction of sp³-hybridized carbons (Fsp3) is 0.304. The fourth-order valence-corrected chi connectivity index (χ4v) is 8.17. The van der Waals surface area contributed by atoms with Crippen molar-refractivity contribution in [1.82, 2.24) is 30.6 Å². The van der Waals surface area contributed by atoms with Gasteiger partial charge in [0.05, 0.1) is 21.4 Å². The third-order valence-corrected chi connectivity index (χ3v) is 11.2. The van der Waals surface area contributed by atoms with Gasteiger partial charge in [-0.1, -0.05) is 59.6 Å². The molecule has 8 rings (SSSR count). The van der Waals surface area contributed by atoms with E-state index in [2.05, 4.69) is 73.3 Å². The van der Waals surface area contributed by atoms with Crippen molar-refractivity contribution in [1.29, 1.82) is 0 Å². The van der Waals surface area contributed by atoms with E-state index in [1.807, 2.05) is 42.5 Å². The molecule has 2 aliphatic heterocycles. The normalized spacial score (nSPS) is 14.7. The molecule has 0 unspecified atom stereocenters. The molecule has 4 aromatic carbocycles. The van der Waals surface area contributed by atoms with E-state index in [4.69, 9.17) is 42.9 Å². The molecule has 2 aromatic heterocycles. The minimum Gasteiger partial charge on any atom is -0.508 e. The average Bonchev–Trinajstić information content (AvgIpc) is 3.26. The van der Waals surface area contributed by atoms with Crippen LogP contribution < -0.4 is 36.6 Å². The Morgan fingerprint density at radius 1 is 0.617 bits per heavy atom. The van der Waals surface area contributed by atoms with Crippen LogP contribution in [0, 0.1) is 0 Å². The number of hydrogen-bond donors (Lipinski definition) is 7. The Morgan fingerprint density at radius 3 is 1.85 bits per heavy atom. The lowest BCUT2D eigenvalue weighted by Gasteiger charge is -2.24. The number of ether oxygens (including phenoxy) is 1. The van der Waals surface area contributed by atoms with Gasteiger partial charge in [0.15, 0.2) is 5.75 Å². The van der Waals surface area contributed by atoms with Gasteiger partial charge >= 0.3 is 0 Å². The highest BCUT2D eigenvalue weighted by Crippen LogP contribution is 2.38. The summed E-state index contributed by atoms with van der Waals surface area (Å²) in [6.45, 7) is 5.17. The summed E-state index contributed by atoms with van der Waals surface area (Å²) in [6.07, 6.45) is 7.39. The van der Waals surface area contributed by atoms with E-state index >= 15 is 0 Å². The van der Waals surface area contributed by atoms with Gasteiger partial charge in [0.25, 0.3) is 0 Å². The van der Waals surface area contributed by atoms with Crippen molar-refractivity contribution in [3.8, 4) is 39.9 Å². The van der Waals surface area contributed by atoms with E-state index < -0.39 is 0 Å². The summed E-state index contributed by atoms with van der Waals surface area (Å²) in [6, 6.07) is 32.1. The van der Waals surface area contributed by atoms with E-state index in [0.717, 1.165) is 91.2 Å². The zero-order valence-electron chi connectivity index (χ0n) is 33.4. The minimum absolute atomic E-state index is 0.229. The zero-order valence-corrected chi connectivity index (χ0v) is 34.9. The van der Waals surface area contributed by atoms with Crippen LogP contribution in [0.3, 0.4) is 0 Å². The zero-order chi connectivity index (χ0) is 41.1. The molecule has 2 aliphatic rings. The van der Waals surface area contributed by atoms with Crippen LogP contribution in [0.15, 0.2) is 103 Å². The van der Waals surface area contributed by atoms with Crippen LogP contribution in [-0.2, 0) is 12.8 Å². The Hall–Kier alpha value is -5.66. The van der Waals surface area contributed by atoms with Gasteiger partial charge in [0.2, 0.25) is 17.8 Å². The molecule has 60 heavy (non-hydrogen) atoms. The Balaban J connectivity index is 0.942. The van der Waals surface area contributed by atoms with Crippen molar-refractivity contribution < 1.29 is 9.84 Å². The SMILES string of the molecule is Oc1cccc(CCNc2nc(Oc3c(Cl)cc(CCNc4nccc(-c5cccc(NC6CCNCC6)c5)n4)cc3Cl)cc(-c3cccc(NC4CCNCC4)c3)n2)c1. The summed E-state index contributed by atoms with van der Waals surface area (Å²) < 4.78 is 6.36. The van der Waals surface area contributed by atoms with Crippen molar-refractivity contribution in [2.45, 2.75) is 50.6 Å². The summed E-state index contributed by atoms with van der Waals surface area (Å²) >= 11 is 13.7. The monoisotopic (exact) mass is 844 g/mol. The van der Waals surface area contributed by atoms with Crippen LogP contribution >= 0.6 is 23.2 Å². The standard InChI is InChI=1S/C46H50Cl2N10O2/c47-39-25-31(11-22-51-45-52-23-16-41(56-45)32-5-2-7-36(27-32)54-34-12-17-49-18-13-34)26-40(48)44(39)60-43-29-42(33-6-3-8-37(28-33)55-35-14-19-50-20-15-35)57-46(58-43)53-21-10-30-4-1-9-38(59)24-30/h1-9,16,23-29,34-35,49-50,54-55,59H,10-15,17-22H2,(H,51,52,56)(H,53,57,58). The molecule has 12 nitrogen and oxygen atoms in total. The first-order chi connectivity index (χ1) is 29.4. The number of phenolic OH excluding ortho intramolecular Hbond substituents is 1. The summed E-state index contributed by atoms with van der Waals surface area (Å²) in [5, 5.41) is 31.6. The van der Waals surface area contributed by atoms with Gasteiger partial charge in [-0.2, -0.15) is 4.98 Å². The average molecular weight is 846 g/mol. The molecule has 0 radical (unpaired) electrons. The maximum atomic E-state index is 9.93. The molecule has 0 atom stereocenters. The topological polar surface area (TPSA) is 153 Å². The smallest absolute Gasteiger partial charge is 0.226 e. The number of rotatable bonds is 16. The largest absolute Gasteiger partial charge is 0.508 e. The van der Waals surface area contributed by atoms with Crippen LogP contribution in [-0.4, -0.2) is 76.4 Å². The van der Waals surface area contributed by atoms with Crippen LogP contribution in [0.25, 0.3) is 22.5 Å². The second-order valence-corrected chi connectivity index (χ2v) is 16.0. The molecule has 2 saturated heterocycles. The first kappa shape index (κ1) is 41.1. The second-order valence-electron chi connectivity index (χ2n) is 15.2. The van der Waals surface area contributed by atoms with Crippen molar-refractivity contribution >= 4 is 46.5 Å². The fourth-order valence-electron chi connectivity index (χ4n) is 7.56. The van der Waals surface area contributed by atoms with Crippen molar-refractivity contribution in [2.24, 2.45) is 0 Å². The molecule has 4 heterocycles. The Kier molecular flexibility index (Phi) is 13.7. The summed E-state index contributed by atoms with van der Waals surface area (Å²) in [5.41, 5.74) is 7.49. The predicted octanol–water partition coefficient (Wildman–Crippen LogP) is 9.04. The molecule has 0 bridgehead atoms. The number of aromatic nitrogens is 4. The number of phenols is 1. The van der Waals surface area contributed by atoms with Crippen LogP contribution in [0.2, 0.25) is 10.0 Å². The van der Waals surface area contributed by atoms with E-state index in [1.165, 1.54) is 0 Å². The van der Waals surface area contributed by atoms with Gasteiger partial charge in [-0.25, -0.2) is 15.0 Å². The van der Waals surface area contributed by atoms with Gasteiger partial charge in [0, 0.05) is 59.9 Å². The molecule has 2 fully saturated rings.